The minimum atomic E-state index is -0.256. The lowest BCUT2D eigenvalue weighted by Gasteiger charge is -2.11. The molecule has 0 spiro atoms. The molecule has 1 aromatic heterocycles. The van der Waals surface area contributed by atoms with Gasteiger partial charge in [-0.3, -0.25) is 4.79 Å². The summed E-state index contributed by atoms with van der Waals surface area (Å²) in [5, 5.41) is 1.81. The van der Waals surface area contributed by atoms with E-state index < -0.39 is 0 Å². The Bertz CT molecular complexity index is 658. The second-order valence-electron chi connectivity index (χ2n) is 4.79. The van der Waals surface area contributed by atoms with E-state index in [0.717, 1.165) is 16.3 Å². The summed E-state index contributed by atoms with van der Waals surface area (Å²) in [6.45, 7) is 0.670. The van der Waals surface area contributed by atoms with Gasteiger partial charge in [-0.1, -0.05) is 0 Å². The lowest BCUT2D eigenvalue weighted by Crippen LogP contribution is -2.10. The zero-order valence-electron chi connectivity index (χ0n) is 12.8. The molecule has 6 nitrogen and oxygen atoms in total. The summed E-state index contributed by atoms with van der Waals surface area (Å²) >= 11 is 0. The van der Waals surface area contributed by atoms with Crippen LogP contribution < -0.4 is 10.5 Å². The number of rotatable bonds is 7. The van der Waals surface area contributed by atoms with Crippen LogP contribution in [0.25, 0.3) is 10.8 Å². The molecule has 0 bridgehead atoms. The van der Waals surface area contributed by atoms with Crippen LogP contribution >= 0.6 is 0 Å². The van der Waals surface area contributed by atoms with E-state index in [1.807, 2.05) is 18.2 Å². The fourth-order valence-corrected chi connectivity index (χ4v) is 2.20. The number of ether oxygens (including phenoxy) is 3. The highest BCUT2D eigenvalue weighted by Gasteiger charge is 2.11. The van der Waals surface area contributed by atoms with Gasteiger partial charge in [0.15, 0.2) is 0 Å². The van der Waals surface area contributed by atoms with Crippen molar-refractivity contribution in [2.45, 2.75) is 12.8 Å². The van der Waals surface area contributed by atoms with Crippen molar-refractivity contribution in [3.8, 4) is 5.75 Å². The summed E-state index contributed by atoms with van der Waals surface area (Å²) < 4.78 is 15.3. The van der Waals surface area contributed by atoms with E-state index in [0.29, 0.717) is 24.6 Å². The minimum Gasteiger partial charge on any atom is -0.496 e. The SMILES string of the molecule is COCCOC(=O)CCc1cc2ccnc(N)c2cc1OC. The fourth-order valence-electron chi connectivity index (χ4n) is 2.20. The van der Waals surface area contributed by atoms with Gasteiger partial charge in [0.25, 0.3) is 0 Å². The summed E-state index contributed by atoms with van der Waals surface area (Å²) in [4.78, 5) is 15.7. The second-order valence-corrected chi connectivity index (χ2v) is 4.79. The first kappa shape index (κ1) is 16.0. The zero-order chi connectivity index (χ0) is 15.9. The molecule has 0 aliphatic rings. The lowest BCUT2D eigenvalue weighted by atomic mass is 10.0. The first-order chi connectivity index (χ1) is 10.7. The molecule has 0 fully saturated rings. The average molecular weight is 304 g/mol. The van der Waals surface area contributed by atoms with Crippen molar-refractivity contribution in [3.05, 3.63) is 30.0 Å². The molecule has 6 heteroatoms. The molecular weight excluding hydrogens is 284 g/mol. The Kier molecular flexibility index (Phi) is 5.55. The number of hydrogen-bond acceptors (Lipinski definition) is 6. The van der Waals surface area contributed by atoms with Crippen LogP contribution in [-0.4, -0.2) is 38.4 Å². The maximum absolute atomic E-state index is 11.7. The van der Waals surface area contributed by atoms with Crippen LogP contribution in [0.4, 0.5) is 5.82 Å². The molecule has 0 aliphatic heterocycles. The van der Waals surface area contributed by atoms with Gasteiger partial charge in [-0.2, -0.15) is 0 Å². The maximum atomic E-state index is 11.7. The molecular formula is C16H20N2O4. The zero-order valence-corrected chi connectivity index (χ0v) is 12.8. The van der Waals surface area contributed by atoms with Crippen LogP contribution in [0.15, 0.2) is 24.4 Å². The number of nitrogen functional groups attached to an aromatic ring is 1. The number of anilines is 1. The molecule has 0 radical (unpaired) electrons. The smallest absolute Gasteiger partial charge is 0.306 e. The van der Waals surface area contributed by atoms with Gasteiger partial charge in [-0.25, -0.2) is 4.98 Å². The molecule has 2 rings (SSSR count). The molecule has 22 heavy (non-hydrogen) atoms. The number of fused-ring (bicyclic) bond motifs is 1. The van der Waals surface area contributed by atoms with Gasteiger partial charge < -0.3 is 19.9 Å². The molecule has 0 atom stereocenters. The Morgan fingerprint density at radius 1 is 1.27 bits per heavy atom. The number of aryl methyl sites for hydroxylation is 1. The topological polar surface area (TPSA) is 83.7 Å². The molecule has 118 valence electrons. The van der Waals surface area contributed by atoms with Gasteiger partial charge in [0.05, 0.1) is 13.7 Å². The largest absolute Gasteiger partial charge is 0.496 e. The molecule has 0 saturated heterocycles. The van der Waals surface area contributed by atoms with Gasteiger partial charge >= 0.3 is 5.97 Å². The molecule has 0 aliphatic carbocycles. The van der Waals surface area contributed by atoms with Crippen LogP contribution in [0.5, 0.6) is 5.75 Å². The molecule has 2 N–H and O–H groups in total. The Labute approximate surface area is 129 Å². The van der Waals surface area contributed by atoms with Crippen LogP contribution in [0.2, 0.25) is 0 Å². The van der Waals surface area contributed by atoms with E-state index in [9.17, 15) is 4.79 Å². The van der Waals surface area contributed by atoms with E-state index >= 15 is 0 Å². The lowest BCUT2D eigenvalue weighted by molar-refractivity contribution is -0.144. The minimum absolute atomic E-state index is 0.256. The number of benzene rings is 1. The van der Waals surface area contributed by atoms with Crippen LogP contribution in [0, 0.1) is 0 Å². The first-order valence-corrected chi connectivity index (χ1v) is 7.01. The predicted molar refractivity (Wildman–Crippen MR) is 83.9 cm³/mol. The summed E-state index contributed by atoms with van der Waals surface area (Å²) in [7, 11) is 3.16. The quantitative estimate of drug-likeness (QED) is 0.622. The highest BCUT2D eigenvalue weighted by molar-refractivity contribution is 5.92. The number of aromatic nitrogens is 1. The van der Waals surface area contributed by atoms with Crippen molar-refractivity contribution >= 4 is 22.6 Å². The highest BCUT2D eigenvalue weighted by Crippen LogP contribution is 2.29. The van der Waals surface area contributed by atoms with Gasteiger partial charge in [-0.05, 0) is 35.6 Å². The van der Waals surface area contributed by atoms with Crippen LogP contribution in [-0.2, 0) is 20.7 Å². The van der Waals surface area contributed by atoms with Crippen LogP contribution in [0.1, 0.15) is 12.0 Å². The normalized spacial score (nSPS) is 10.6. The summed E-state index contributed by atoms with van der Waals surface area (Å²) in [5.74, 6) is 0.895. The number of nitrogens with two attached hydrogens (primary N) is 1. The van der Waals surface area contributed by atoms with Crippen molar-refractivity contribution in [2.24, 2.45) is 0 Å². The van der Waals surface area contributed by atoms with Crippen molar-refractivity contribution < 1.29 is 19.0 Å². The van der Waals surface area contributed by atoms with E-state index in [1.54, 1.807) is 20.4 Å². The standard InChI is InChI=1S/C16H20N2O4/c1-20-7-8-22-15(19)4-3-12-9-11-5-6-18-16(17)13(11)10-14(12)21-2/h5-6,9-10H,3-4,7-8H2,1-2H3,(H2,17,18). The summed E-state index contributed by atoms with van der Waals surface area (Å²) in [5.41, 5.74) is 6.80. The number of carbonyl (C=O) groups excluding carboxylic acids is 1. The predicted octanol–water partition coefficient (Wildman–Crippen LogP) is 1.95. The molecule has 0 saturated carbocycles. The molecule has 0 unspecified atom stereocenters. The van der Waals surface area contributed by atoms with E-state index in [2.05, 4.69) is 4.98 Å². The first-order valence-electron chi connectivity index (χ1n) is 7.01. The van der Waals surface area contributed by atoms with Gasteiger partial charge in [-0.15, -0.1) is 0 Å². The summed E-state index contributed by atoms with van der Waals surface area (Å²) in [6.07, 6.45) is 2.48. The second kappa shape index (κ2) is 7.61. The Morgan fingerprint density at radius 2 is 2.09 bits per heavy atom. The number of hydrogen-bond donors (Lipinski definition) is 1. The van der Waals surface area contributed by atoms with Crippen LogP contribution in [0.3, 0.4) is 0 Å². The number of nitrogens with zero attached hydrogens (tertiary/aromatic N) is 1. The molecule has 1 heterocycles. The van der Waals surface area contributed by atoms with E-state index in [-0.39, 0.29) is 19.0 Å². The average Bonchev–Trinajstić information content (AvgIpc) is 2.52. The highest BCUT2D eigenvalue weighted by atomic mass is 16.6. The molecule has 0 amide bonds. The van der Waals surface area contributed by atoms with Gasteiger partial charge in [0, 0.05) is 25.1 Å². The van der Waals surface area contributed by atoms with Crippen molar-refractivity contribution in [1.29, 1.82) is 0 Å². The van der Waals surface area contributed by atoms with E-state index in [1.165, 1.54) is 0 Å². The van der Waals surface area contributed by atoms with Gasteiger partial charge in [0.2, 0.25) is 0 Å². The fraction of sp³-hybridized carbons (Fsp3) is 0.375. The van der Waals surface area contributed by atoms with E-state index in [4.69, 9.17) is 19.9 Å². The Morgan fingerprint density at radius 3 is 2.82 bits per heavy atom. The molecule has 1 aromatic carbocycles. The van der Waals surface area contributed by atoms with Gasteiger partial charge in [0.1, 0.15) is 18.2 Å². The Balaban J connectivity index is 2.11. The third-order valence-electron chi connectivity index (χ3n) is 3.35. The van der Waals surface area contributed by atoms with Crippen molar-refractivity contribution in [3.63, 3.8) is 0 Å². The Hall–Kier alpha value is -2.34. The number of methoxy groups -OCH3 is 2. The number of esters is 1. The number of pyridine rings is 1. The molecule has 2 aromatic rings. The monoisotopic (exact) mass is 304 g/mol. The third kappa shape index (κ3) is 3.85. The van der Waals surface area contributed by atoms with Crippen molar-refractivity contribution in [2.75, 3.05) is 33.2 Å². The maximum Gasteiger partial charge on any atom is 0.306 e. The number of carbonyl (C=O) groups is 1. The third-order valence-corrected chi connectivity index (χ3v) is 3.35. The van der Waals surface area contributed by atoms with Crippen molar-refractivity contribution in [1.82, 2.24) is 4.98 Å². The summed E-state index contributed by atoms with van der Waals surface area (Å²) in [6, 6.07) is 5.70.